The molecule has 0 saturated carbocycles. The number of para-hydroxylation sites is 4. The van der Waals surface area contributed by atoms with Crippen LogP contribution in [0, 0.1) is 11.8 Å². The molecule has 4 heterocycles. The number of carbonyl (C=O) groups excluding carboxylic acids is 10. The molecule has 0 saturated heterocycles. The largest absolute Gasteiger partial charge is 0.461 e. The fourth-order valence-electron chi connectivity index (χ4n) is 8.93. The number of nitrogens with zero attached hydrogens (tertiary/aromatic N) is 8. The number of aromatic nitrogens is 4. The highest BCUT2D eigenvalue weighted by Gasteiger charge is 2.42. The predicted octanol–water partition coefficient (Wildman–Crippen LogP) is 0.549. The van der Waals surface area contributed by atoms with E-state index in [2.05, 4.69) is 41.2 Å². The number of fused-ring (bicyclic) bond motifs is 6. The van der Waals surface area contributed by atoms with Crippen LogP contribution in [0.2, 0.25) is 0 Å². The SMILES string of the molecule is CC(C)[C@H]1C(=O)OC[C@@H](NC(=O)c2cnc3ccccc3n2)C(=O)N[C@@H](C)C(=O)N(C)[C@H]2CC=CC[C@@H](C(=O)N1C)N(C)C(=O)[C@H](C)NC(=O)[C@H](NC(=O)c1cnc3ccccc3n1)COC(=O)[C@H](C(C)C)N(C)C2=O. The van der Waals surface area contributed by atoms with Crippen molar-refractivity contribution in [2.75, 3.05) is 41.4 Å². The predicted molar refractivity (Wildman–Crippen MR) is 273 cm³/mol. The van der Waals surface area contributed by atoms with Crippen LogP contribution < -0.4 is 21.3 Å². The Morgan fingerprint density at radius 2 is 0.882 bits per heavy atom. The van der Waals surface area contributed by atoms with Crippen molar-refractivity contribution in [3.05, 3.63) is 84.5 Å². The van der Waals surface area contributed by atoms with Crippen molar-refractivity contribution in [3.8, 4) is 0 Å². The summed E-state index contributed by atoms with van der Waals surface area (Å²) in [5.41, 5.74) is 1.38. The summed E-state index contributed by atoms with van der Waals surface area (Å²) in [5.74, 6) is -10.0. The Morgan fingerprint density at radius 1 is 0.539 bits per heavy atom. The third-order valence-corrected chi connectivity index (χ3v) is 13.2. The van der Waals surface area contributed by atoms with Crippen LogP contribution >= 0.6 is 0 Å². The van der Waals surface area contributed by atoms with Crippen LogP contribution in [0.15, 0.2) is 73.1 Å². The van der Waals surface area contributed by atoms with Gasteiger partial charge < -0.3 is 50.3 Å². The van der Waals surface area contributed by atoms with Crippen molar-refractivity contribution in [1.29, 1.82) is 0 Å². The van der Waals surface area contributed by atoms with Crippen LogP contribution in [-0.2, 0) is 47.8 Å². The first-order valence-corrected chi connectivity index (χ1v) is 24.7. The average Bonchev–Trinajstić information content (AvgIpc) is 3.39. The maximum atomic E-state index is 14.8. The molecule has 4 aromatic rings. The number of carbonyl (C=O) groups is 10. The molecule has 8 amide bonds. The standard InChI is InChI=1S/C52H64N12O12/c1-27(2)41-51(73)75-25-37(59-43(65)35-23-53-31-17-11-13-19-33(31)57-35)45(67)55-30(6)48(70)62(8)40-22-16-15-21-39(49(71)63(41)9)61(7)47(69)29(5)56-46(68)38(26-76-52(74)42(28(3)4)64(10)50(40)72)60-44(66)36-24-54-32-18-12-14-20-34(32)58-36/h11-20,23-24,27-30,37-42H,21-22,25-26H2,1-10H3,(H,55,67)(H,56,68)(H,59,65)(H,60,66)/t29-,30-,37+,38+,39-,40-,41-,42-/m0/s1. The van der Waals surface area contributed by atoms with Gasteiger partial charge in [-0.05, 0) is 62.8 Å². The van der Waals surface area contributed by atoms with E-state index in [-0.39, 0.29) is 24.2 Å². The number of likely N-dealkylation sites (N-methyl/N-ethyl adjacent to an activating group) is 4. The van der Waals surface area contributed by atoms with Crippen LogP contribution in [0.4, 0.5) is 0 Å². The van der Waals surface area contributed by atoms with Gasteiger partial charge in [-0.1, -0.05) is 64.1 Å². The summed E-state index contributed by atoms with van der Waals surface area (Å²) < 4.78 is 11.4. The smallest absolute Gasteiger partial charge is 0.329 e. The molecule has 2 aromatic carbocycles. The van der Waals surface area contributed by atoms with Gasteiger partial charge in [0, 0.05) is 28.2 Å². The summed E-state index contributed by atoms with van der Waals surface area (Å²) in [5, 5.41) is 10.2. The first-order chi connectivity index (χ1) is 36.0. The molecule has 6 rings (SSSR count). The van der Waals surface area contributed by atoms with Crippen molar-refractivity contribution < 1.29 is 57.4 Å². The number of nitrogens with one attached hydrogen (secondary N) is 4. The summed E-state index contributed by atoms with van der Waals surface area (Å²) in [7, 11) is 5.30. The summed E-state index contributed by atoms with van der Waals surface area (Å²) in [4.78, 5) is 164. The Hall–Kier alpha value is -8.44. The molecule has 4 N–H and O–H groups in total. The number of hydrogen-bond donors (Lipinski definition) is 4. The van der Waals surface area contributed by atoms with Gasteiger partial charge in [-0.2, -0.15) is 0 Å². The van der Waals surface area contributed by atoms with Gasteiger partial charge in [-0.25, -0.2) is 19.6 Å². The number of cyclic esters (lactones) is 2. The van der Waals surface area contributed by atoms with Gasteiger partial charge in [0.25, 0.3) is 11.8 Å². The van der Waals surface area contributed by atoms with Crippen LogP contribution in [-0.4, -0.2) is 188 Å². The van der Waals surface area contributed by atoms with E-state index < -0.39 is 133 Å². The second-order valence-electron chi connectivity index (χ2n) is 19.4. The quantitative estimate of drug-likeness (QED) is 0.151. The van der Waals surface area contributed by atoms with E-state index in [1.54, 1.807) is 76.2 Å². The fraction of sp³-hybridized carbons (Fsp3) is 0.462. The number of rotatable bonds is 6. The second kappa shape index (κ2) is 24.7. The van der Waals surface area contributed by atoms with E-state index in [1.165, 1.54) is 66.6 Å². The Kier molecular flexibility index (Phi) is 18.5. The molecule has 0 aliphatic carbocycles. The minimum absolute atomic E-state index is 0.183. The van der Waals surface area contributed by atoms with Crippen LogP contribution in [0.1, 0.15) is 75.4 Å². The molecule has 404 valence electrons. The van der Waals surface area contributed by atoms with Crippen LogP contribution in [0.25, 0.3) is 22.1 Å². The highest BCUT2D eigenvalue weighted by Crippen LogP contribution is 2.21. The summed E-state index contributed by atoms with van der Waals surface area (Å²) in [6, 6.07) is 2.00. The van der Waals surface area contributed by atoms with Crippen LogP contribution in [0.3, 0.4) is 0 Å². The Labute approximate surface area is 438 Å². The van der Waals surface area contributed by atoms with E-state index in [0.29, 0.717) is 22.1 Å². The van der Waals surface area contributed by atoms with Crippen LogP contribution in [0.5, 0.6) is 0 Å². The monoisotopic (exact) mass is 1050 g/mol. The molecule has 0 radical (unpaired) electrons. The van der Waals surface area contributed by atoms with Gasteiger partial charge in [0.15, 0.2) is 0 Å². The van der Waals surface area contributed by atoms with Gasteiger partial charge >= 0.3 is 11.9 Å². The maximum absolute atomic E-state index is 14.8. The molecular weight excluding hydrogens is 985 g/mol. The zero-order valence-electron chi connectivity index (χ0n) is 44.0. The van der Waals surface area contributed by atoms with Crippen molar-refractivity contribution in [2.24, 2.45) is 11.8 Å². The van der Waals surface area contributed by atoms with Gasteiger partial charge in [-0.15, -0.1) is 0 Å². The van der Waals surface area contributed by atoms with Crippen molar-refractivity contribution in [1.82, 2.24) is 60.8 Å². The normalized spacial score (nSPS) is 24.5. The second-order valence-corrected chi connectivity index (χ2v) is 19.4. The number of hydrogen-bond acceptors (Lipinski definition) is 16. The molecule has 24 heteroatoms. The average molecular weight is 1050 g/mol. The third-order valence-electron chi connectivity index (χ3n) is 13.2. The maximum Gasteiger partial charge on any atom is 0.329 e. The van der Waals surface area contributed by atoms with Gasteiger partial charge in [0.2, 0.25) is 35.4 Å². The van der Waals surface area contributed by atoms with E-state index in [9.17, 15) is 47.9 Å². The fourth-order valence-corrected chi connectivity index (χ4v) is 8.93. The van der Waals surface area contributed by atoms with E-state index >= 15 is 0 Å². The number of ether oxygens (including phenoxy) is 2. The van der Waals surface area contributed by atoms with Crippen molar-refractivity contribution in [2.45, 2.75) is 103 Å². The zero-order valence-corrected chi connectivity index (χ0v) is 44.0. The Bertz CT molecular complexity index is 2740. The minimum Gasteiger partial charge on any atom is -0.461 e. The van der Waals surface area contributed by atoms with Gasteiger partial charge in [-0.3, -0.25) is 48.3 Å². The molecule has 76 heavy (non-hydrogen) atoms. The number of amides is 8. The van der Waals surface area contributed by atoms with Gasteiger partial charge in [0.1, 0.15) is 72.9 Å². The highest BCUT2D eigenvalue weighted by molar-refractivity contribution is 6.00. The molecule has 0 fully saturated rings. The first-order valence-electron chi connectivity index (χ1n) is 24.7. The molecular formula is C52H64N12O12. The van der Waals surface area contributed by atoms with E-state index in [1.807, 2.05) is 0 Å². The Morgan fingerprint density at radius 3 is 1.22 bits per heavy atom. The van der Waals surface area contributed by atoms with Crippen molar-refractivity contribution in [3.63, 3.8) is 0 Å². The highest BCUT2D eigenvalue weighted by atomic mass is 16.5. The first kappa shape index (κ1) is 56.8. The molecule has 0 spiro atoms. The summed E-state index contributed by atoms with van der Waals surface area (Å²) in [6.45, 7) is 7.67. The lowest BCUT2D eigenvalue weighted by molar-refractivity contribution is -0.160. The molecule has 2 aliphatic rings. The third kappa shape index (κ3) is 13.1. The number of esters is 2. The minimum atomic E-state index is -1.66. The molecule has 0 unspecified atom stereocenters. The van der Waals surface area contributed by atoms with E-state index in [4.69, 9.17) is 9.47 Å². The lowest BCUT2D eigenvalue weighted by Gasteiger charge is -2.37. The van der Waals surface area contributed by atoms with Crippen molar-refractivity contribution >= 4 is 81.3 Å². The zero-order chi connectivity index (χ0) is 55.7. The molecule has 24 nitrogen and oxygen atoms in total. The Balaban J connectivity index is 1.40. The molecule has 2 aliphatic heterocycles. The molecule has 2 aromatic heterocycles. The lowest BCUT2D eigenvalue weighted by atomic mass is 9.99. The topological polar surface area (TPSA) is 302 Å². The molecule has 2 bridgehead atoms. The molecule has 8 atom stereocenters. The van der Waals surface area contributed by atoms with Gasteiger partial charge in [0.05, 0.1) is 34.5 Å². The summed E-state index contributed by atoms with van der Waals surface area (Å²) >= 11 is 0. The lowest BCUT2D eigenvalue weighted by Crippen LogP contribution is -2.60. The summed E-state index contributed by atoms with van der Waals surface area (Å²) in [6.07, 6.45) is 5.00. The number of benzene rings is 2. The van der Waals surface area contributed by atoms with E-state index in [0.717, 1.165) is 19.6 Å².